The molecule has 1 amide bonds. The fourth-order valence-corrected chi connectivity index (χ4v) is 3.09. The minimum atomic E-state index is -0.149. The van der Waals surface area contributed by atoms with Crippen molar-refractivity contribution in [3.8, 4) is 5.75 Å². The summed E-state index contributed by atoms with van der Waals surface area (Å²) in [7, 11) is 0. The Morgan fingerprint density at radius 2 is 2.26 bits per heavy atom. The molecule has 1 unspecified atom stereocenters. The van der Waals surface area contributed by atoms with Gasteiger partial charge in [0.2, 0.25) is 0 Å². The van der Waals surface area contributed by atoms with Gasteiger partial charge in [0.25, 0.3) is 5.91 Å². The zero-order chi connectivity index (χ0) is 16.1. The summed E-state index contributed by atoms with van der Waals surface area (Å²) in [5.41, 5.74) is 3.12. The molecule has 0 aliphatic heterocycles. The van der Waals surface area contributed by atoms with Gasteiger partial charge >= 0.3 is 0 Å². The molecule has 0 bridgehead atoms. The zero-order valence-corrected chi connectivity index (χ0v) is 13.6. The van der Waals surface area contributed by atoms with Gasteiger partial charge < -0.3 is 15.2 Å². The van der Waals surface area contributed by atoms with Crippen LogP contribution in [0.1, 0.15) is 35.3 Å². The van der Waals surface area contributed by atoms with Crippen LogP contribution in [0.3, 0.4) is 0 Å². The summed E-state index contributed by atoms with van der Waals surface area (Å²) in [6.07, 6.45) is 2.83. The molecule has 6 heteroatoms. The van der Waals surface area contributed by atoms with Gasteiger partial charge in [0, 0.05) is 18.0 Å². The molecule has 1 aliphatic carbocycles. The van der Waals surface area contributed by atoms with Gasteiger partial charge in [-0.05, 0) is 37.3 Å². The molecule has 1 heterocycles. The lowest BCUT2D eigenvalue weighted by Gasteiger charge is -2.18. The Hall–Kier alpha value is -1.92. The minimum absolute atomic E-state index is 0.0408. The van der Waals surface area contributed by atoms with Crippen molar-refractivity contribution >= 4 is 17.2 Å². The highest BCUT2D eigenvalue weighted by Crippen LogP contribution is 2.34. The van der Waals surface area contributed by atoms with Gasteiger partial charge in [0.1, 0.15) is 12.4 Å². The van der Waals surface area contributed by atoms with Crippen LogP contribution in [0.2, 0.25) is 0 Å². The summed E-state index contributed by atoms with van der Waals surface area (Å²) < 4.78 is 5.75. The van der Waals surface area contributed by atoms with Crippen molar-refractivity contribution in [1.82, 2.24) is 10.3 Å². The lowest BCUT2D eigenvalue weighted by atomic mass is 10.1. The summed E-state index contributed by atoms with van der Waals surface area (Å²) in [6.45, 7) is 0.430. The van der Waals surface area contributed by atoms with E-state index in [4.69, 9.17) is 9.84 Å². The van der Waals surface area contributed by atoms with Crippen molar-refractivity contribution < 1.29 is 14.6 Å². The van der Waals surface area contributed by atoms with Gasteiger partial charge in [-0.15, -0.1) is 11.3 Å². The van der Waals surface area contributed by atoms with Crippen molar-refractivity contribution in [3.05, 3.63) is 46.4 Å². The maximum atomic E-state index is 12.6. The number of nitrogens with zero attached hydrogens (tertiary/aromatic N) is 1. The molecule has 1 aliphatic rings. The average molecular weight is 332 g/mol. The van der Waals surface area contributed by atoms with E-state index in [1.807, 2.05) is 17.5 Å². The molecule has 2 aromatic rings. The highest BCUT2D eigenvalue weighted by Gasteiger charge is 2.32. The Labute approximate surface area is 139 Å². The number of aliphatic hydroxyl groups is 1. The summed E-state index contributed by atoms with van der Waals surface area (Å²) >= 11 is 1.52. The van der Waals surface area contributed by atoms with Crippen LogP contribution in [-0.4, -0.2) is 28.6 Å². The number of rotatable bonds is 8. The predicted molar refractivity (Wildman–Crippen MR) is 88.6 cm³/mol. The van der Waals surface area contributed by atoms with Crippen LogP contribution in [0.15, 0.2) is 35.2 Å². The number of aliphatic hydroxyl groups excluding tert-OH is 1. The standard InChI is InChI=1S/C17H20N2O3S/c20-8-7-15(12-5-6-12)19-17(21)14-3-1-2-4-16(14)22-9-13-10-23-11-18-13/h1-4,10-12,15,20H,5-9H2,(H,19,21). The smallest absolute Gasteiger partial charge is 0.255 e. The van der Waals surface area contributed by atoms with E-state index in [1.165, 1.54) is 11.3 Å². The van der Waals surface area contributed by atoms with Crippen LogP contribution in [0, 0.1) is 5.92 Å². The number of aromatic nitrogens is 1. The topological polar surface area (TPSA) is 71.5 Å². The van der Waals surface area contributed by atoms with Crippen molar-refractivity contribution in [1.29, 1.82) is 0 Å². The number of thiazole rings is 1. The van der Waals surface area contributed by atoms with Crippen LogP contribution in [0.25, 0.3) is 0 Å². The van der Waals surface area contributed by atoms with Crippen LogP contribution in [0.5, 0.6) is 5.75 Å². The first kappa shape index (κ1) is 16.0. The Kier molecular flexibility index (Phi) is 5.25. The van der Waals surface area contributed by atoms with Crippen LogP contribution >= 0.6 is 11.3 Å². The molecule has 1 aromatic carbocycles. The minimum Gasteiger partial charge on any atom is -0.486 e. The second kappa shape index (κ2) is 7.57. The molecule has 0 radical (unpaired) electrons. The maximum absolute atomic E-state index is 12.6. The van der Waals surface area contributed by atoms with E-state index >= 15 is 0 Å². The van der Waals surface area contributed by atoms with Crippen molar-refractivity contribution in [2.75, 3.05) is 6.61 Å². The summed E-state index contributed by atoms with van der Waals surface area (Å²) in [6, 6.07) is 7.26. The quantitative estimate of drug-likeness (QED) is 0.779. The third kappa shape index (κ3) is 4.30. The monoisotopic (exact) mass is 332 g/mol. The van der Waals surface area contributed by atoms with Gasteiger partial charge in [-0.25, -0.2) is 4.98 Å². The molecule has 0 saturated heterocycles. The molecule has 122 valence electrons. The van der Waals surface area contributed by atoms with Crippen molar-refractivity contribution in [3.63, 3.8) is 0 Å². The van der Waals surface area contributed by atoms with Gasteiger partial charge in [0.05, 0.1) is 16.8 Å². The largest absolute Gasteiger partial charge is 0.486 e. The molecule has 1 fully saturated rings. The molecule has 23 heavy (non-hydrogen) atoms. The van der Waals surface area contributed by atoms with E-state index in [0.717, 1.165) is 18.5 Å². The van der Waals surface area contributed by atoms with E-state index in [9.17, 15) is 4.79 Å². The second-order valence-electron chi connectivity index (χ2n) is 5.69. The van der Waals surface area contributed by atoms with Gasteiger partial charge in [-0.2, -0.15) is 0 Å². The van der Waals surface area contributed by atoms with Crippen LogP contribution in [-0.2, 0) is 6.61 Å². The number of benzene rings is 1. The molecule has 1 atom stereocenters. The molecule has 5 nitrogen and oxygen atoms in total. The summed E-state index contributed by atoms with van der Waals surface area (Å²) in [5.74, 6) is 0.898. The SMILES string of the molecule is O=C(NC(CCO)C1CC1)c1ccccc1OCc1cscn1. The number of carbonyl (C=O) groups excluding carboxylic acids is 1. The Morgan fingerprint density at radius 1 is 1.43 bits per heavy atom. The normalized spacial score (nSPS) is 15.2. The Morgan fingerprint density at radius 3 is 2.96 bits per heavy atom. The molecule has 3 rings (SSSR count). The maximum Gasteiger partial charge on any atom is 0.255 e. The number of amides is 1. The molecular formula is C17H20N2O3S. The first-order chi connectivity index (χ1) is 11.3. The Bertz CT molecular complexity index is 641. The third-order valence-corrected chi connectivity index (χ3v) is 4.57. The number of para-hydroxylation sites is 1. The van der Waals surface area contributed by atoms with Crippen LogP contribution < -0.4 is 10.1 Å². The van der Waals surface area contributed by atoms with Crippen molar-refractivity contribution in [2.45, 2.75) is 31.9 Å². The van der Waals surface area contributed by atoms with Crippen LogP contribution in [0.4, 0.5) is 0 Å². The molecule has 1 saturated carbocycles. The first-order valence-corrected chi connectivity index (χ1v) is 8.73. The van der Waals surface area contributed by atoms with E-state index in [-0.39, 0.29) is 18.6 Å². The van der Waals surface area contributed by atoms with Crippen molar-refractivity contribution in [2.24, 2.45) is 5.92 Å². The summed E-state index contributed by atoms with van der Waals surface area (Å²) in [5, 5.41) is 14.1. The fraction of sp³-hybridized carbons (Fsp3) is 0.412. The van der Waals surface area contributed by atoms with Gasteiger partial charge in [0.15, 0.2) is 0 Å². The van der Waals surface area contributed by atoms with Gasteiger partial charge in [-0.1, -0.05) is 12.1 Å². The third-order valence-electron chi connectivity index (χ3n) is 3.94. The number of carbonyl (C=O) groups is 1. The predicted octanol–water partition coefficient (Wildman–Crippen LogP) is 2.61. The number of nitrogens with one attached hydrogen (secondary N) is 1. The van der Waals surface area contributed by atoms with E-state index in [2.05, 4.69) is 10.3 Å². The Balaban J connectivity index is 1.67. The van der Waals surface area contributed by atoms with E-state index in [1.54, 1.807) is 17.6 Å². The lowest BCUT2D eigenvalue weighted by Crippen LogP contribution is -2.37. The lowest BCUT2D eigenvalue weighted by molar-refractivity contribution is 0.0919. The average Bonchev–Trinajstić information content (AvgIpc) is 3.29. The molecule has 0 spiro atoms. The fourth-order valence-electron chi connectivity index (χ4n) is 2.55. The number of hydrogen-bond acceptors (Lipinski definition) is 5. The van der Waals surface area contributed by atoms with E-state index in [0.29, 0.717) is 30.3 Å². The molecular weight excluding hydrogens is 312 g/mol. The van der Waals surface area contributed by atoms with E-state index < -0.39 is 0 Å². The molecule has 2 N–H and O–H groups in total. The number of ether oxygens (including phenoxy) is 1. The number of hydrogen-bond donors (Lipinski definition) is 2. The highest BCUT2D eigenvalue weighted by atomic mass is 32.1. The zero-order valence-electron chi connectivity index (χ0n) is 12.8. The second-order valence-corrected chi connectivity index (χ2v) is 6.41. The summed E-state index contributed by atoms with van der Waals surface area (Å²) in [4.78, 5) is 16.7. The first-order valence-electron chi connectivity index (χ1n) is 7.78. The highest BCUT2D eigenvalue weighted by molar-refractivity contribution is 7.07. The van der Waals surface area contributed by atoms with Gasteiger partial charge in [-0.3, -0.25) is 4.79 Å². The molecule has 1 aromatic heterocycles.